The molecule has 1 saturated heterocycles. The Hall–Kier alpha value is -1.09. The summed E-state index contributed by atoms with van der Waals surface area (Å²) in [5, 5.41) is 10.9. The molecule has 19 heavy (non-hydrogen) atoms. The predicted molar refractivity (Wildman–Crippen MR) is 73.9 cm³/mol. The van der Waals surface area contributed by atoms with Crippen molar-refractivity contribution < 1.29 is 13.2 Å². The Kier molecular flexibility index (Phi) is 4.46. The zero-order chi connectivity index (χ0) is 13.9. The first kappa shape index (κ1) is 14.3. The minimum Gasteiger partial charge on any atom is -0.351 e. The molecule has 1 aromatic rings. The van der Waals surface area contributed by atoms with Crippen LogP contribution >= 0.6 is 11.8 Å². The summed E-state index contributed by atoms with van der Waals surface area (Å²) in [7, 11) is -3.66. The minimum atomic E-state index is -3.66. The molecule has 0 radical (unpaired) electrons. The number of nitrogens with two attached hydrogens (primary N) is 1. The lowest BCUT2D eigenvalue weighted by Crippen LogP contribution is -2.41. The standard InChI is InChI=1S/C11H15N3O3S2/c12-19(16,17)9-3-1-8(2-4-9)5-13-11(15)10-6-18-7-14-10/h1-4,10,14H,5-7H2,(H,13,15)(H2,12,16,17). The monoisotopic (exact) mass is 301 g/mol. The maximum atomic E-state index is 11.7. The van der Waals surface area contributed by atoms with E-state index in [1.807, 2.05) is 0 Å². The maximum Gasteiger partial charge on any atom is 0.238 e. The lowest BCUT2D eigenvalue weighted by molar-refractivity contribution is -0.122. The molecule has 1 unspecified atom stereocenters. The largest absolute Gasteiger partial charge is 0.351 e. The third kappa shape index (κ3) is 3.93. The normalized spacial score (nSPS) is 19.3. The van der Waals surface area contributed by atoms with Gasteiger partial charge in [0.15, 0.2) is 0 Å². The molecule has 0 saturated carbocycles. The highest BCUT2D eigenvalue weighted by Crippen LogP contribution is 2.11. The summed E-state index contributed by atoms with van der Waals surface area (Å²) in [6.07, 6.45) is 0. The fraction of sp³-hybridized carbons (Fsp3) is 0.364. The van der Waals surface area contributed by atoms with Crippen molar-refractivity contribution in [3.05, 3.63) is 29.8 Å². The van der Waals surface area contributed by atoms with E-state index in [-0.39, 0.29) is 16.8 Å². The van der Waals surface area contributed by atoms with Crippen molar-refractivity contribution >= 4 is 27.7 Å². The summed E-state index contributed by atoms with van der Waals surface area (Å²) in [5.41, 5.74) is 0.825. The van der Waals surface area contributed by atoms with E-state index in [0.717, 1.165) is 17.2 Å². The van der Waals surface area contributed by atoms with Crippen LogP contribution in [0.5, 0.6) is 0 Å². The van der Waals surface area contributed by atoms with E-state index in [1.54, 1.807) is 23.9 Å². The highest BCUT2D eigenvalue weighted by atomic mass is 32.2. The van der Waals surface area contributed by atoms with Gasteiger partial charge < -0.3 is 5.32 Å². The molecule has 1 aliphatic heterocycles. The molecule has 0 aliphatic carbocycles. The summed E-state index contributed by atoms with van der Waals surface area (Å²) in [4.78, 5) is 11.8. The number of nitrogens with one attached hydrogen (secondary N) is 2. The van der Waals surface area contributed by atoms with Crippen molar-refractivity contribution in [1.82, 2.24) is 10.6 Å². The van der Waals surface area contributed by atoms with Gasteiger partial charge in [-0.15, -0.1) is 11.8 Å². The van der Waals surface area contributed by atoms with E-state index >= 15 is 0 Å². The van der Waals surface area contributed by atoms with Gasteiger partial charge in [0.1, 0.15) is 0 Å². The first-order valence-electron chi connectivity index (χ1n) is 5.67. The van der Waals surface area contributed by atoms with Crippen LogP contribution in [-0.4, -0.2) is 32.0 Å². The zero-order valence-corrected chi connectivity index (χ0v) is 11.8. The molecule has 1 fully saturated rings. The molecule has 1 aromatic carbocycles. The number of benzene rings is 1. The van der Waals surface area contributed by atoms with Crippen LogP contribution in [0, 0.1) is 0 Å². The van der Waals surface area contributed by atoms with E-state index < -0.39 is 10.0 Å². The van der Waals surface area contributed by atoms with E-state index in [4.69, 9.17) is 5.14 Å². The SMILES string of the molecule is NS(=O)(=O)c1ccc(CNC(=O)C2CSCN2)cc1. The predicted octanol–water partition coefficient (Wildman–Crippen LogP) is -0.387. The number of amides is 1. The van der Waals surface area contributed by atoms with Crippen LogP contribution in [0.25, 0.3) is 0 Å². The maximum absolute atomic E-state index is 11.7. The van der Waals surface area contributed by atoms with Crippen molar-refractivity contribution in [3.63, 3.8) is 0 Å². The third-order valence-corrected chi connectivity index (χ3v) is 4.62. The minimum absolute atomic E-state index is 0.0412. The van der Waals surface area contributed by atoms with Gasteiger partial charge in [-0.05, 0) is 17.7 Å². The van der Waals surface area contributed by atoms with Crippen LogP contribution in [-0.2, 0) is 21.4 Å². The van der Waals surface area contributed by atoms with Gasteiger partial charge in [-0.1, -0.05) is 12.1 Å². The van der Waals surface area contributed by atoms with Crippen molar-refractivity contribution in [1.29, 1.82) is 0 Å². The van der Waals surface area contributed by atoms with Gasteiger partial charge in [0.05, 0.1) is 10.9 Å². The molecule has 4 N–H and O–H groups in total. The Morgan fingerprint density at radius 3 is 2.63 bits per heavy atom. The second-order valence-corrected chi connectivity index (χ2v) is 6.77. The molecule has 2 rings (SSSR count). The van der Waals surface area contributed by atoms with Crippen LogP contribution in [0.1, 0.15) is 5.56 Å². The molecule has 1 heterocycles. The van der Waals surface area contributed by atoms with E-state index in [0.29, 0.717) is 6.54 Å². The summed E-state index contributed by atoms with van der Waals surface area (Å²) in [5.74, 6) is 1.53. The first-order chi connectivity index (χ1) is 8.97. The summed E-state index contributed by atoms with van der Waals surface area (Å²) in [6.45, 7) is 0.368. The third-order valence-electron chi connectivity index (χ3n) is 2.75. The van der Waals surface area contributed by atoms with Crippen molar-refractivity contribution in [2.24, 2.45) is 5.14 Å². The molecule has 0 bridgehead atoms. The fourth-order valence-corrected chi connectivity index (χ4v) is 3.13. The van der Waals surface area contributed by atoms with Crippen molar-refractivity contribution in [2.45, 2.75) is 17.5 Å². The van der Waals surface area contributed by atoms with Crippen LogP contribution in [0.4, 0.5) is 0 Å². The van der Waals surface area contributed by atoms with E-state index in [9.17, 15) is 13.2 Å². The first-order valence-corrected chi connectivity index (χ1v) is 8.37. The molecule has 0 spiro atoms. The van der Waals surface area contributed by atoms with Crippen LogP contribution < -0.4 is 15.8 Å². The van der Waals surface area contributed by atoms with Gasteiger partial charge in [-0.2, -0.15) is 0 Å². The number of primary sulfonamides is 1. The Balaban J connectivity index is 1.91. The van der Waals surface area contributed by atoms with Gasteiger partial charge in [0, 0.05) is 18.2 Å². The number of sulfonamides is 1. The van der Waals surface area contributed by atoms with Gasteiger partial charge >= 0.3 is 0 Å². The Labute approximate surface area is 116 Å². The molecule has 104 valence electrons. The van der Waals surface area contributed by atoms with Crippen LogP contribution in [0.2, 0.25) is 0 Å². The summed E-state index contributed by atoms with van der Waals surface area (Å²) >= 11 is 1.68. The summed E-state index contributed by atoms with van der Waals surface area (Å²) < 4.78 is 22.2. The molecule has 0 aromatic heterocycles. The molecule has 1 atom stereocenters. The number of thioether (sulfide) groups is 1. The second kappa shape index (κ2) is 5.91. The molecular formula is C11H15N3O3S2. The summed E-state index contributed by atoms with van der Waals surface area (Å²) in [6, 6.07) is 5.99. The number of hydrogen-bond donors (Lipinski definition) is 3. The zero-order valence-electron chi connectivity index (χ0n) is 10.1. The van der Waals surface area contributed by atoms with Gasteiger partial charge in [0.25, 0.3) is 0 Å². The van der Waals surface area contributed by atoms with Crippen LogP contribution in [0.15, 0.2) is 29.2 Å². The molecule has 8 heteroatoms. The fourth-order valence-electron chi connectivity index (χ4n) is 1.67. The molecule has 6 nitrogen and oxygen atoms in total. The quantitative estimate of drug-likeness (QED) is 0.703. The number of rotatable bonds is 4. The van der Waals surface area contributed by atoms with Crippen molar-refractivity contribution in [2.75, 3.05) is 11.6 Å². The van der Waals surface area contributed by atoms with Gasteiger partial charge in [-0.25, -0.2) is 13.6 Å². The van der Waals surface area contributed by atoms with Gasteiger partial charge in [-0.3, -0.25) is 10.1 Å². The molecule has 1 amide bonds. The average Bonchev–Trinajstić information content (AvgIpc) is 2.89. The average molecular weight is 301 g/mol. The molecular weight excluding hydrogens is 286 g/mol. The van der Waals surface area contributed by atoms with E-state index in [1.165, 1.54) is 12.1 Å². The number of carbonyl (C=O) groups excluding carboxylic acids is 1. The lowest BCUT2D eigenvalue weighted by Gasteiger charge is -2.10. The highest BCUT2D eigenvalue weighted by molar-refractivity contribution is 7.99. The lowest BCUT2D eigenvalue weighted by atomic mass is 10.2. The number of carbonyl (C=O) groups is 1. The Bertz CT molecular complexity index is 551. The van der Waals surface area contributed by atoms with Crippen LogP contribution in [0.3, 0.4) is 0 Å². The smallest absolute Gasteiger partial charge is 0.238 e. The van der Waals surface area contributed by atoms with E-state index in [2.05, 4.69) is 10.6 Å². The topological polar surface area (TPSA) is 101 Å². The number of hydrogen-bond acceptors (Lipinski definition) is 5. The Morgan fingerprint density at radius 2 is 2.11 bits per heavy atom. The van der Waals surface area contributed by atoms with Crippen molar-refractivity contribution in [3.8, 4) is 0 Å². The second-order valence-electron chi connectivity index (χ2n) is 4.18. The molecule has 1 aliphatic rings. The highest BCUT2D eigenvalue weighted by Gasteiger charge is 2.21. The Morgan fingerprint density at radius 1 is 1.42 bits per heavy atom. The van der Waals surface area contributed by atoms with Gasteiger partial charge in [0.2, 0.25) is 15.9 Å².